The predicted octanol–water partition coefficient (Wildman–Crippen LogP) is 3.61. The molecule has 0 aliphatic heterocycles. The van der Waals surface area contributed by atoms with Crippen molar-refractivity contribution >= 4 is 11.8 Å². The number of carbonyl (C=O) groups is 2. The first-order chi connectivity index (χ1) is 11.9. The van der Waals surface area contributed by atoms with Crippen LogP contribution in [-0.4, -0.2) is 42.3 Å². The molecule has 25 heavy (non-hydrogen) atoms. The van der Waals surface area contributed by atoms with Crippen LogP contribution in [0.25, 0.3) is 0 Å². The normalized spacial score (nSPS) is 10.2. The third-order valence-corrected chi connectivity index (χ3v) is 3.73. The van der Waals surface area contributed by atoms with E-state index in [1.807, 2.05) is 37.3 Å². The zero-order valence-electron chi connectivity index (χ0n) is 15.0. The van der Waals surface area contributed by atoms with Crippen molar-refractivity contribution in [3.63, 3.8) is 0 Å². The lowest BCUT2D eigenvalue weighted by atomic mass is 10.1. The quantitative estimate of drug-likeness (QED) is 0.756. The molecule has 0 unspecified atom stereocenters. The van der Waals surface area contributed by atoms with Crippen LogP contribution < -0.4 is 0 Å². The van der Waals surface area contributed by atoms with Crippen LogP contribution in [0.3, 0.4) is 0 Å². The summed E-state index contributed by atoms with van der Waals surface area (Å²) in [5, 5.41) is 0. The van der Waals surface area contributed by atoms with E-state index in [1.165, 1.54) is 4.90 Å². The van der Waals surface area contributed by atoms with E-state index in [1.54, 1.807) is 43.3 Å². The van der Waals surface area contributed by atoms with Crippen molar-refractivity contribution in [1.82, 2.24) is 9.80 Å². The van der Waals surface area contributed by atoms with Crippen molar-refractivity contribution in [2.24, 2.45) is 0 Å². The Bertz CT molecular complexity index is 766. The molecule has 0 spiro atoms. The number of carbonyl (C=O) groups excluding carboxylic acids is 2. The van der Waals surface area contributed by atoms with E-state index in [9.17, 15) is 9.59 Å². The van der Waals surface area contributed by atoms with E-state index in [2.05, 4.69) is 6.58 Å². The van der Waals surface area contributed by atoms with E-state index in [-0.39, 0.29) is 11.8 Å². The summed E-state index contributed by atoms with van der Waals surface area (Å²) in [6.45, 7) is 6.80. The number of nitrogens with zero attached hydrogens (tertiary/aromatic N) is 2. The number of amides is 2. The Morgan fingerprint density at radius 3 is 2.08 bits per heavy atom. The van der Waals surface area contributed by atoms with E-state index in [4.69, 9.17) is 0 Å². The third kappa shape index (κ3) is 5.05. The Morgan fingerprint density at radius 1 is 0.920 bits per heavy atom. The van der Waals surface area contributed by atoms with Gasteiger partial charge in [0.05, 0.1) is 0 Å². The minimum atomic E-state index is -0.121. The summed E-state index contributed by atoms with van der Waals surface area (Å²) in [4.78, 5) is 28.4. The van der Waals surface area contributed by atoms with Gasteiger partial charge in [0.2, 0.25) is 0 Å². The molecule has 0 bridgehead atoms. The number of benzene rings is 2. The monoisotopic (exact) mass is 336 g/mol. The van der Waals surface area contributed by atoms with Crippen molar-refractivity contribution in [2.45, 2.75) is 13.5 Å². The van der Waals surface area contributed by atoms with Gasteiger partial charge in [0, 0.05) is 38.3 Å². The predicted molar refractivity (Wildman–Crippen MR) is 100 cm³/mol. The molecule has 0 fully saturated rings. The van der Waals surface area contributed by atoms with Gasteiger partial charge in [0.15, 0.2) is 0 Å². The average molecular weight is 336 g/mol. The number of hydrogen-bond acceptors (Lipinski definition) is 2. The fourth-order valence-corrected chi connectivity index (χ4v) is 2.56. The molecule has 0 atom stereocenters. The summed E-state index contributed by atoms with van der Waals surface area (Å²) in [5.74, 6) is -0.232. The van der Waals surface area contributed by atoms with Crippen LogP contribution in [0.5, 0.6) is 0 Å². The van der Waals surface area contributed by atoms with Gasteiger partial charge in [0.1, 0.15) is 0 Å². The molecule has 0 saturated heterocycles. The standard InChI is InChI=1S/C21H24N2O2/c1-16(2)14-23(15-17-9-6-5-7-10-17)21(25)19-12-8-11-18(13-19)20(24)22(3)4/h5-13H,1,14-15H2,2-4H3. The summed E-state index contributed by atoms with van der Waals surface area (Å²) in [7, 11) is 3.39. The number of hydrogen-bond donors (Lipinski definition) is 0. The highest BCUT2D eigenvalue weighted by atomic mass is 16.2. The summed E-state index contributed by atoms with van der Waals surface area (Å²) in [6.07, 6.45) is 0. The highest BCUT2D eigenvalue weighted by molar-refractivity contribution is 5.99. The maximum atomic E-state index is 13.0. The molecular formula is C21H24N2O2. The van der Waals surface area contributed by atoms with Crippen molar-refractivity contribution < 1.29 is 9.59 Å². The molecule has 0 saturated carbocycles. The molecule has 0 heterocycles. The molecule has 0 aromatic heterocycles. The van der Waals surface area contributed by atoms with E-state index in [0.717, 1.165) is 11.1 Å². The molecule has 0 radical (unpaired) electrons. The first-order valence-electron chi connectivity index (χ1n) is 8.18. The van der Waals surface area contributed by atoms with Gasteiger partial charge in [-0.3, -0.25) is 9.59 Å². The average Bonchev–Trinajstić information content (AvgIpc) is 2.60. The largest absolute Gasteiger partial charge is 0.345 e. The third-order valence-electron chi connectivity index (χ3n) is 3.73. The Balaban J connectivity index is 2.28. The Kier molecular flexibility index (Phi) is 6.12. The van der Waals surface area contributed by atoms with E-state index < -0.39 is 0 Å². The van der Waals surface area contributed by atoms with Gasteiger partial charge in [-0.2, -0.15) is 0 Å². The molecule has 0 aliphatic carbocycles. The van der Waals surface area contributed by atoms with E-state index >= 15 is 0 Å². The van der Waals surface area contributed by atoms with Gasteiger partial charge in [-0.1, -0.05) is 48.6 Å². The fraction of sp³-hybridized carbons (Fsp3) is 0.238. The SMILES string of the molecule is C=C(C)CN(Cc1ccccc1)C(=O)c1cccc(C(=O)N(C)C)c1. The summed E-state index contributed by atoms with van der Waals surface area (Å²) in [6, 6.07) is 16.7. The molecule has 130 valence electrons. The first kappa shape index (κ1) is 18.5. The summed E-state index contributed by atoms with van der Waals surface area (Å²) >= 11 is 0. The zero-order chi connectivity index (χ0) is 18.4. The Morgan fingerprint density at radius 2 is 1.52 bits per heavy atom. The maximum absolute atomic E-state index is 13.0. The topological polar surface area (TPSA) is 40.6 Å². The second-order valence-corrected chi connectivity index (χ2v) is 6.38. The molecule has 2 aromatic carbocycles. The lowest BCUT2D eigenvalue weighted by molar-refractivity contribution is 0.0758. The highest BCUT2D eigenvalue weighted by Gasteiger charge is 2.18. The second kappa shape index (κ2) is 8.29. The van der Waals surface area contributed by atoms with Gasteiger partial charge in [-0.15, -0.1) is 0 Å². The molecule has 2 amide bonds. The molecule has 0 N–H and O–H groups in total. The first-order valence-corrected chi connectivity index (χ1v) is 8.18. The minimum Gasteiger partial charge on any atom is -0.345 e. The minimum absolute atomic E-state index is 0.111. The number of rotatable bonds is 6. The van der Waals surface area contributed by atoms with Gasteiger partial charge >= 0.3 is 0 Å². The lowest BCUT2D eigenvalue weighted by Crippen LogP contribution is -2.32. The van der Waals surface area contributed by atoms with Gasteiger partial charge in [-0.05, 0) is 30.7 Å². The molecule has 4 heteroatoms. The summed E-state index contributed by atoms with van der Waals surface area (Å²) in [5.41, 5.74) is 2.97. The van der Waals surface area contributed by atoms with Crippen LogP contribution >= 0.6 is 0 Å². The molecule has 2 aromatic rings. The van der Waals surface area contributed by atoms with Crippen LogP contribution in [0.2, 0.25) is 0 Å². The van der Waals surface area contributed by atoms with Gasteiger partial charge in [-0.25, -0.2) is 0 Å². The zero-order valence-corrected chi connectivity index (χ0v) is 15.0. The van der Waals surface area contributed by atoms with Gasteiger partial charge in [0.25, 0.3) is 11.8 Å². The Hall–Kier alpha value is -2.88. The second-order valence-electron chi connectivity index (χ2n) is 6.38. The van der Waals surface area contributed by atoms with E-state index in [0.29, 0.717) is 24.2 Å². The smallest absolute Gasteiger partial charge is 0.254 e. The van der Waals surface area contributed by atoms with Crippen molar-refractivity contribution in [2.75, 3.05) is 20.6 Å². The fourth-order valence-electron chi connectivity index (χ4n) is 2.56. The highest BCUT2D eigenvalue weighted by Crippen LogP contribution is 2.14. The summed E-state index contributed by atoms with van der Waals surface area (Å²) < 4.78 is 0. The van der Waals surface area contributed by atoms with Crippen LogP contribution in [-0.2, 0) is 6.54 Å². The Labute approximate surface area is 149 Å². The molecule has 4 nitrogen and oxygen atoms in total. The van der Waals surface area contributed by atoms with Crippen LogP contribution in [0.1, 0.15) is 33.2 Å². The van der Waals surface area contributed by atoms with Crippen LogP contribution in [0.4, 0.5) is 0 Å². The lowest BCUT2D eigenvalue weighted by Gasteiger charge is -2.23. The molecule has 2 rings (SSSR count). The van der Waals surface area contributed by atoms with Crippen molar-refractivity contribution in [1.29, 1.82) is 0 Å². The van der Waals surface area contributed by atoms with Gasteiger partial charge < -0.3 is 9.80 Å². The maximum Gasteiger partial charge on any atom is 0.254 e. The van der Waals surface area contributed by atoms with Crippen LogP contribution in [0, 0.1) is 0 Å². The molecular weight excluding hydrogens is 312 g/mol. The van der Waals surface area contributed by atoms with Crippen molar-refractivity contribution in [3.8, 4) is 0 Å². The molecule has 0 aliphatic rings. The van der Waals surface area contributed by atoms with Crippen LogP contribution in [0.15, 0.2) is 66.7 Å². The van der Waals surface area contributed by atoms with Crippen molar-refractivity contribution in [3.05, 3.63) is 83.4 Å².